The van der Waals surface area contributed by atoms with Crippen molar-refractivity contribution in [3.05, 3.63) is 24.3 Å². The lowest BCUT2D eigenvalue weighted by atomic mass is 9.84. The van der Waals surface area contributed by atoms with Gasteiger partial charge in [-0.2, -0.15) is 0 Å². The fourth-order valence-electron chi connectivity index (χ4n) is 3.36. The molecular weight excluding hydrogens is 356 g/mol. The summed E-state index contributed by atoms with van der Waals surface area (Å²) < 4.78 is 1.59. The van der Waals surface area contributed by atoms with Crippen molar-refractivity contribution in [2.75, 3.05) is 5.32 Å². The maximum Gasteiger partial charge on any atom is 0.227 e. The van der Waals surface area contributed by atoms with Crippen LogP contribution in [0.1, 0.15) is 46.5 Å². The van der Waals surface area contributed by atoms with Crippen LogP contribution in [-0.2, 0) is 16.6 Å². The molecule has 1 saturated carbocycles. The van der Waals surface area contributed by atoms with E-state index in [1.54, 1.807) is 11.7 Å². The molecule has 0 saturated heterocycles. The SMILES string of the molecule is Cn1nnnc1-c1cccc(NC(=O)C2CCC(NC(=O)C(C)(C)C)CC2)c1. The molecule has 0 atom stereocenters. The van der Waals surface area contributed by atoms with Crippen LogP contribution in [0, 0.1) is 11.3 Å². The second kappa shape index (κ2) is 8.08. The lowest BCUT2D eigenvalue weighted by Gasteiger charge is -2.30. The molecule has 0 spiro atoms. The van der Waals surface area contributed by atoms with Gasteiger partial charge in [-0.3, -0.25) is 9.59 Å². The maximum absolute atomic E-state index is 12.7. The molecule has 8 nitrogen and oxygen atoms in total. The summed E-state index contributed by atoms with van der Waals surface area (Å²) in [5.74, 6) is 0.693. The first-order chi connectivity index (χ1) is 13.2. The van der Waals surface area contributed by atoms with Crippen LogP contribution >= 0.6 is 0 Å². The molecule has 8 heteroatoms. The minimum atomic E-state index is -0.391. The molecule has 0 aliphatic heterocycles. The standard InChI is InChI=1S/C20H28N6O2/c1-20(2,3)19(28)22-15-10-8-13(9-11-15)18(27)21-16-7-5-6-14(12-16)17-23-24-25-26(17)4/h5-7,12-13,15H,8-11H2,1-4H3,(H,21,27)(H,22,28). The summed E-state index contributed by atoms with van der Waals surface area (Å²) in [4.78, 5) is 24.8. The van der Waals surface area contributed by atoms with E-state index in [-0.39, 0.29) is 23.8 Å². The van der Waals surface area contributed by atoms with Crippen molar-refractivity contribution in [3.63, 3.8) is 0 Å². The minimum Gasteiger partial charge on any atom is -0.353 e. The Kier molecular flexibility index (Phi) is 5.76. The van der Waals surface area contributed by atoms with Crippen LogP contribution in [0.25, 0.3) is 11.4 Å². The van der Waals surface area contributed by atoms with Crippen LogP contribution in [0.2, 0.25) is 0 Å². The number of aromatic nitrogens is 4. The molecule has 150 valence electrons. The summed E-state index contributed by atoms with van der Waals surface area (Å²) in [6, 6.07) is 7.67. The highest BCUT2D eigenvalue weighted by Gasteiger charge is 2.29. The van der Waals surface area contributed by atoms with Gasteiger partial charge in [0.25, 0.3) is 0 Å². The van der Waals surface area contributed by atoms with E-state index in [0.29, 0.717) is 5.82 Å². The fraction of sp³-hybridized carbons (Fsp3) is 0.550. The van der Waals surface area contributed by atoms with Crippen molar-refractivity contribution in [2.24, 2.45) is 18.4 Å². The number of rotatable bonds is 4. The minimum absolute atomic E-state index is 0.0221. The Morgan fingerprint density at radius 2 is 1.86 bits per heavy atom. The Bertz CT molecular complexity index is 846. The molecule has 28 heavy (non-hydrogen) atoms. The highest BCUT2D eigenvalue weighted by atomic mass is 16.2. The number of hydrogen-bond donors (Lipinski definition) is 2. The molecule has 2 N–H and O–H groups in total. The zero-order valence-electron chi connectivity index (χ0n) is 16.9. The van der Waals surface area contributed by atoms with E-state index >= 15 is 0 Å². The van der Waals surface area contributed by atoms with Gasteiger partial charge in [0.05, 0.1) is 0 Å². The molecule has 3 rings (SSSR count). The van der Waals surface area contributed by atoms with E-state index < -0.39 is 5.41 Å². The normalized spacial score (nSPS) is 19.9. The van der Waals surface area contributed by atoms with Gasteiger partial charge >= 0.3 is 0 Å². The molecule has 2 amide bonds. The molecule has 0 radical (unpaired) electrons. The van der Waals surface area contributed by atoms with E-state index in [9.17, 15) is 9.59 Å². The predicted molar refractivity (Wildman–Crippen MR) is 106 cm³/mol. The number of nitrogens with one attached hydrogen (secondary N) is 2. The van der Waals surface area contributed by atoms with Crippen LogP contribution in [0.5, 0.6) is 0 Å². The summed E-state index contributed by atoms with van der Waals surface area (Å²) in [5, 5.41) is 17.6. The van der Waals surface area contributed by atoms with Crippen LogP contribution in [0.3, 0.4) is 0 Å². The molecule has 2 aromatic rings. The third-order valence-corrected chi connectivity index (χ3v) is 5.12. The van der Waals surface area contributed by atoms with Crippen molar-refractivity contribution in [2.45, 2.75) is 52.5 Å². The van der Waals surface area contributed by atoms with Crippen molar-refractivity contribution in [1.82, 2.24) is 25.5 Å². The number of tetrazole rings is 1. The van der Waals surface area contributed by atoms with Gasteiger partial charge in [-0.15, -0.1) is 5.10 Å². The van der Waals surface area contributed by atoms with Gasteiger partial charge in [0.2, 0.25) is 11.8 Å². The third-order valence-electron chi connectivity index (χ3n) is 5.12. The van der Waals surface area contributed by atoms with E-state index in [2.05, 4.69) is 26.2 Å². The van der Waals surface area contributed by atoms with Gasteiger partial charge < -0.3 is 10.6 Å². The summed E-state index contributed by atoms with van der Waals surface area (Å²) >= 11 is 0. The summed E-state index contributed by atoms with van der Waals surface area (Å²) in [6.07, 6.45) is 3.19. The summed E-state index contributed by atoms with van der Waals surface area (Å²) in [7, 11) is 1.78. The molecule has 0 unspecified atom stereocenters. The molecule has 1 aromatic carbocycles. The number of anilines is 1. The van der Waals surface area contributed by atoms with Gasteiger partial charge in [-0.1, -0.05) is 32.9 Å². The Hall–Kier alpha value is -2.77. The zero-order chi connectivity index (χ0) is 20.3. The van der Waals surface area contributed by atoms with Gasteiger partial charge in [0, 0.05) is 35.7 Å². The Labute approximate surface area is 165 Å². The first-order valence-electron chi connectivity index (χ1n) is 9.68. The van der Waals surface area contributed by atoms with Crippen molar-refractivity contribution < 1.29 is 9.59 Å². The van der Waals surface area contributed by atoms with Gasteiger partial charge in [0.15, 0.2) is 5.82 Å². The van der Waals surface area contributed by atoms with Gasteiger partial charge in [-0.25, -0.2) is 4.68 Å². The van der Waals surface area contributed by atoms with Crippen molar-refractivity contribution in [1.29, 1.82) is 0 Å². The number of nitrogens with zero attached hydrogens (tertiary/aromatic N) is 4. The largest absolute Gasteiger partial charge is 0.353 e. The predicted octanol–water partition coefficient (Wildman–Crippen LogP) is 2.54. The first kappa shape index (κ1) is 20.0. The number of benzene rings is 1. The van der Waals surface area contributed by atoms with E-state index in [0.717, 1.165) is 36.9 Å². The maximum atomic E-state index is 12.7. The van der Waals surface area contributed by atoms with Crippen LogP contribution in [0.4, 0.5) is 5.69 Å². The molecule has 1 aliphatic rings. The topological polar surface area (TPSA) is 102 Å². The number of amides is 2. The number of carbonyl (C=O) groups excluding carboxylic acids is 2. The van der Waals surface area contributed by atoms with Crippen LogP contribution < -0.4 is 10.6 Å². The first-order valence-corrected chi connectivity index (χ1v) is 9.68. The number of carbonyl (C=O) groups is 2. The van der Waals surface area contributed by atoms with E-state index in [4.69, 9.17) is 0 Å². The second-order valence-corrected chi connectivity index (χ2v) is 8.47. The summed E-state index contributed by atoms with van der Waals surface area (Å²) in [6.45, 7) is 5.73. The highest BCUT2D eigenvalue weighted by molar-refractivity contribution is 5.93. The van der Waals surface area contributed by atoms with Gasteiger partial charge in [0.1, 0.15) is 0 Å². The molecule has 1 heterocycles. The molecule has 1 aliphatic carbocycles. The Balaban J connectivity index is 1.55. The molecule has 1 fully saturated rings. The van der Waals surface area contributed by atoms with Crippen molar-refractivity contribution >= 4 is 17.5 Å². The monoisotopic (exact) mass is 384 g/mol. The quantitative estimate of drug-likeness (QED) is 0.843. The lowest BCUT2D eigenvalue weighted by Crippen LogP contribution is -2.44. The van der Waals surface area contributed by atoms with Crippen molar-refractivity contribution in [3.8, 4) is 11.4 Å². The highest BCUT2D eigenvalue weighted by Crippen LogP contribution is 2.27. The van der Waals surface area contributed by atoms with Gasteiger partial charge in [-0.05, 0) is 48.2 Å². The smallest absolute Gasteiger partial charge is 0.227 e. The lowest BCUT2D eigenvalue weighted by molar-refractivity contribution is -0.129. The number of hydrogen-bond acceptors (Lipinski definition) is 5. The van der Waals surface area contributed by atoms with E-state index in [1.807, 2.05) is 45.0 Å². The molecular formula is C20H28N6O2. The average molecular weight is 384 g/mol. The zero-order valence-corrected chi connectivity index (χ0v) is 16.9. The fourth-order valence-corrected chi connectivity index (χ4v) is 3.36. The van der Waals surface area contributed by atoms with Crippen LogP contribution in [0.15, 0.2) is 24.3 Å². The second-order valence-electron chi connectivity index (χ2n) is 8.47. The summed E-state index contributed by atoms with van der Waals surface area (Å²) in [5.41, 5.74) is 1.19. The third kappa shape index (κ3) is 4.74. The molecule has 1 aromatic heterocycles. The van der Waals surface area contributed by atoms with Crippen LogP contribution in [-0.4, -0.2) is 38.1 Å². The number of aryl methyl sites for hydroxylation is 1. The average Bonchev–Trinajstić information content (AvgIpc) is 3.07. The Morgan fingerprint density at radius 1 is 1.14 bits per heavy atom. The van der Waals surface area contributed by atoms with E-state index in [1.165, 1.54) is 0 Å². The Morgan fingerprint density at radius 3 is 2.46 bits per heavy atom. The molecule has 0 bridgehead atoms.